The summed E-state index contributed by atoms with van der Waals surface area (Å²) >= 11 is 0. The largest absolute Gasteiger partial charge is 0.480 e. The number of hydrogen-bond donors (Lipinski definition) is 2. The Labute approximate surface area is 206 Å². The van der Waals surface area contributed by atoms with E-state index >= 15 is 0 Å². The second-order valence-corrected chi connectivity index (χ2v) is 9.65. The lowest BCUT2D eigenvalue weighted by molar-refractivity contribution is -0.148. The van der Waals surface area contributed by atoms with E-state index in [1.54, 1.807) is 0 Å². The van der Waals surface area contributed by atoms with Gasteiger partial charge in [-0.2, -0.15) is 0 Å². The summed E-state index contributed by atoms with van der Waals surface area (Å²) in [4.78, 5) is 38.6. The van der Waals surface area contributed by atoms with E-state index in [1.165, 1.54) is 16.0 Å². The summed E-state index contributed by atoms with van der Waals surface area (Å²) in [6.45, 7) is 3.76. The summed E-state index contributed by atoms with van der Waals surface area (Å²) in [6, 6.07) is 16.1. The molecule has 2 N–H and O–H groups in total. The fourth-order valence-electron chi connectivity index (χ4n) is 5.40. The molecule has 0 bridgehead atoms. The molecule has 0 aromatic heterocycles. The zero-order valence-corrected chi connectivity index (χ0v) is 20.4. The van der Waals surface area contributed by atoms with Crippen LogP contribution in [0.3, 0.4) is 0 Å². The van der Waals surface area contributed by atoms with Gasteiger partial charge in [0.2, 0.25) is 5.91 Å². The van der Waals surface area contributed by atoms with Crippen molar-refractivity contribution in [1.82, 2.24) is 10.2 Å². The van der Waals surface area contributed by atoms with Crippen molar-refractivity contribution in [1.29, 1.82) is 0 Å². The van der Waals surface area contributed by atoms with Gasteiger partial charge in [0.05, 0.1) is 0 Å². The molecule has 2 amide bonds. The van der Waals surface area contributed by atoms with Crippen LogP contribution in [-0.4, -0.2) is 53.2 Å². The van der Waals surface area contributed by atoms with Gasteiger partial charge in [0.15, 0.2) is 0 Å². The predicted octanol–water partition coefficient (Wildman–Crippen LogP) is 4.80. The van der Waals surface area contributed by atoms with Gasteiger partial charge in [-0.05, 0) is 54.9 Å². The zero-order chi connectivity index (χ0) is 24.9. The van der Waals surface area contributed by atoms with Crippen LogP contribution in [0.2, 0.25) is 0 Å². The van der Waals surface area contributed by atoms with Crippen LogP contribution in [0, 0.1) is 5.92 Å². The van der Waals surface area contributed by atoms with E-state index in [1.807, 2.05) is 38.1 Å². The molecule has 0 spiro atoms. The predicted molar refractivity (Wildman–Crippen MR) is 133 cm³/mol. The van der Waals surface area contributed by atoms with E-state index in [4.69, 9.17) is 4.74 Å². The van der Waals surface area contributed by atoms with Crippen LogP contribution in [-0.2, 0) is 14.3 Å². The van der Waals surface area contributed by atoms with Crippen LogP contribution in [0.1, 0.15) is 63.0 Å². The van der Waals surface area contributed by atoms with E-state index in [-0.39, 0.29) is 43.0 Å². The lowest BCUT2D eigenvalue weighted by Gasteiger charge is -2.34. The SMILES string of the molecule is CCC(C)N(CC(=O)O)C(=O)[C@@H]1CCC[C@@H](NC(=O)OCC2c3ccccc3-c3ccccc32)C1. The van der Waals surface area contributed by atoms with E-state index in [9.17, 15) is 19.5 Å². The number of rotatable bonds is 8. The van der Waals surface area contributed by atoms with Gasteiger partial charge in [0.25, 0.3) is 0 Å². The zero-order valence-electron chi connectivity index (χ0n) is 20.4. The number of amides is 2. The highest BCUT2D eigenvalue weighted by Gasteiger charge is 2.34. The minimum absolute atomic E-state index is 0.00561. The number of carbonyl (C=O) groups is 3. The average Bonchev–Trinajstić information content (AvgIpc) is 3.19. The molecule has 0 aliphatic heterocycles. The van der Waals surface area contributed by atoms with Gasteiger partial charge in [0, 0.05) is 23.9 Å². The smallest absolute Gasteiger partial charge is 0.407 e. The Balaban J connectivity index is 1.35. The van der Waals surface area contributed by atoms with Crippen molar-refractivity contribution >= 4 is 18.0 Å². The van der Waals surface area contributed by atoms with E-state index < -0.39 is 12.1 Å². The summed E-state index contributed by atoms with van der Waals surface area (Å²) in [5.41, 5.74) is 4.68. The molecule has 0 radical (unpaired) electrons. The van der Waals surface area contributed by atoms with Crippen LogP contribution in [0.5, 0.6) is 0 Å². The second kappa shape index (κ2) is 10.9. The van der Waals surface area contributed by atoms with Crippen molar-refractivity contribution in [3.8, 4) is 11.1 Å². The molecule has 3 atom stereocenters. The molecule has 2 aliphatic carbocycles. The molecular formula is C28H34N2O5. The Morgan fingerprint density at radius 2 is 1.69 bits per heavy atom. The molecule has 0 heterocycles. The quantitative estimate of drug-likeness (QED) is 0.568. The maximum atomic E-state index is 13.1. The first-order valence-corrected chi connectivity index (χ1v) is 12.5. The number of hydrogen-bond acceptors (Lipinski definition) is 4. The van der Waals surface area contributed by atoms with Gasteiger partial charge in [-0.3, -0.25) is 9.59 Å². The van der Waals surface area contributed by atoms with Crippen molar-refractivity contribution in [3.05, 3.63) is 59.7 Å². The molecule has 186 valence electrons. The summed E-state index contributed by atoms with van der Waals surface area (Å²) < 4.78 is 5.67. The minimum Gasteiger partial charge on any atom is -0.480 e. The van der Waals surface area contributed by atoms with Gasteiger partial charge >= 0.3 is 12.1 Å². The fourth-order valence-corrected chi connectivity index (χ4v) is 5.40. The van der Waals surface area contributed by atoms with Gasteiger partial charge < -0.3 is 20.1 Å². The molecular weight excluding hydrogens is 444 g/mol. The Hall–Kier alpha value is -3.35. The number of carboxylic acid groups (broad SMARTS) is 1. The van der Waals surface area contributed by atoms with Crippen LogP contribution in [0.15, 0.2) is 48.5 Å². The number of nitrogens with zero attached hydrogens (tertiary/aromatic N) is 1. The van der Waals surface area contributed by atoms with Crippen LogP contribution in [0.25, 0.3) is 11.1 Å². The summed E-state index contributed by atoms with van der Waals surface area (Å²) in [5, 5.41) is 12.2. The van der Waals surface area contributed by atoms with Crippen molar-refractivity contribution in [2.45, 2.75) is 64.0 Å². The first kappa shape index (κ1) is 24.8. The van der Waals surface area contributed by atoms with Crippen LogP contribution < -0.4 is 5.32 Å². The molecule has 0 saturated heterocycles. The molecule has 2 aliphatic rings. The lowest BCUT2D eigenvalue weighted by Crippen LogP contribution is -2.48. The van der Waals surface area contributed by atoms with Crippen LogP contribution >= 0.6 is 0 Å². The number of benzene rings is 2. The minimum atomic E-state index is -1.01. The highest BCUT2D eigenvalue weighted by atomic mass is 16.5. The monoisotopic (exact) mass is 478 g/mol. The summed E-state index contributed by atoms with van der Waals surface area (Å²) in [5.74, 6) is -1.45. The number of carboxylic acids is 1. The van der Waals surface area contributed by atoms with Gasteiger partial charge in [-0.1, -0.05) is 61.9 Å². The van der Waals surface area contributed by atoms with Crippen molar-refractivity contribution < 1.29 is 24.2 Å². The Bertz CT molecular complexity index is 1040. The lowest BCUT2D eigenvalue weighted by atomic mass is 9.84. The Morgan fingerprint density at radius 3 is 2.29 bits per heavy atom. The topological polar surface area (TPSA) is 95.9 Å². The summed E-state index contributed by atoms with van der Waals surface area (Å²) in [7, 11) is 0. The number of ether oxygens (including phenoxy) is 1. The molecule has 35 heavy (non-hydrogen) atoms. The van der Waals surface area contributed by atoms with Crippen molar-refractivity contribution in [2.75, 3.05) is 13.2 Å². The third-order valence-corrected chi connectivity index (χ3v) is 7.40. The molecule has 4 rings (SSSR count). The standard InChI is InChI=1S/C28H34N2O5/c1-3-18(2)30(16-26(31)32)27(33)19-9-8-10-20(15-19)29-28(34)35-17-25-23-13-6-4-11-21(23)22-12-5-7-14-24(22)25/h4-7,11-14,18-20,25H,3,8-10,15-17H2,1-2H3,(H,29,34)(H,31,32)/t18?,19-,20-/m1/s1. The molecule has 1 saturated carbocycles. The first-order chi connectivity index (χ1) is 16.9. The third kappa shape index (κ3) is 5.50. The van der Waals surface area contributed by atoms with Gasteiger partial charge in [-0.25, -0.2) is 4.79 Å². The maximum absolute atomic E-state index is 13.1. The van der Waals surface area contributed by atoms with E-state index in [2.05, 4.69) is 29.6 Å². The first-order valence-electron chi connectivity index (χ1n) is 12.5. The third-order valence-electron chi connectivity index (χ3n) is 7.40. The van der Waals surface area contributed by atoms with E-state index in [0.717, 1.165) is 24.0 Å². The average molecular weight is 479 g/mol. The maximum Gasteiger partial charge on any atom is 0.407 e. The molecule has 7 nitrogen and oxygen atoms in total. The van der Waals surface area contributed by atoms with Crippen molar-refractivity contribution in [2.24, 2.45) is 5.92 Å². The molecule has 2 aromatic carbocycles. The number of fused-ring (bicyclic) bond motifs is 3. The number of nitrogens with one attached hydrogen (secondary N) is 1. The molecule has 2 aromatic rings. The van der Waals surface area contributed by atoms with E-state index in [0.29, 0.717) is 19.3 Å². The van der Waals surface area contributed by atoms with Crippen molar-refractivity contribution in [3.63, 3.8) is 0 Å². The normalized spacial score (nSPS) is 19.8. The fraction of sp³-hybridized carbons (Fsp3) is 0.464. The second-order valence-electron chi connectivity index (χ2n) is 9.65. The van der Waals surface area contributed by atoms with Gasteiger partial charge in [-0.15, -0.1) is 0 Å². The van der Waals surface area contributed by atoms with Crippen LogP contribution in [0.4, 0.5) is 4.79 Å². The molecule has 1 fully saturated rings. The Morgan fingerprint density at radius 1 is 1.06 bits per heavy atom. The highest BCUT2D eigenvalue weighted by Crippen LogP contribution is 2.44. The Kier molecular flexibility index (Phi) is 7.73. The molecule has 7 heteroatoms. The molecule has 1 unspecified atom stereocenters. The number of aliphatic carboxylic acids is 1. The highest BCUT2D eigenvalue weighted by molar-refractivity contribution is 5.83. The van der Waals surface area contributed by atoms with Gasteiger partial charge in [0.1, 0.15) is 13.2 Å². The summed E-state index contributed by atoms with van der Waals surface area (Å²) in [6.07, 6.45) is 2.98. The number of alkyl carbamates (subject to hydrolysis) is 1. The number of carbonyl (C=O) groups excluding carboxylic acids is 2.